The summed E-state index contributed by atoms with van der Waals surface area (Å²) in [6.07, 6.45) is 4.23. The van der Waals surface area contributed by atoms with Gasteiger partial charge in [0.25, 0.3) is 5.91 Å². The second-order valence-electron chi connectivity index (χ2n) is 6.17. The summed E-state index contributed by atoms with van der Waals surface area (Å²) >= 11 is 5.58. The van der Waals surface area contributed by atoms with Crippen LogP contribution in [0.4, 0.5) is 0 Å². The monoisotopic (exact) mass is 360 g/mol. The zero-order chi connectivity index (χ0) is 17.9. The van der Waals surface area contributed by atoms with Crippen LogP contribution in [0.3, 0.4) is 0 Å². The van der Waals surface area contributed by atoms with Crippen LogP contribution in [0.5, 0.6) is 0 Å². The van der Waals surface area contributed by atoms with E-state index in [2.05, 4.69) is 39.8 Å². The van der Waals surface area contributed by atoms with Crippen LogP contribution in [0.15, 0.2) is 42.1 Å². The molecule has 1 heterocycles. The molecule has 0 atom stereocenters. The molecule has 5 nitrogen and oxygen atoms in total. The minimum Gasteiger partial charge on any atom is -0.387 e. The van der Waals surface area contributed by atoms with Gasteiger partial charge in [0.1, 0.15) is 11.6 Å². The van der Waals surface area contributed by atoms with E-state index in [9.17, 15) is 4.79 Å². The lowest BCUT2D eigenvalue weighted by Crippen LogP contribution is -2.40. The number of nitriles is 1. The maximum atomic E-state index is 11.9. The minimum absolute atomic E-state index is 0.112. The smallest absolute Gasteiger partial charge is 0.263 e. The van der Waals surface area contributed by atoms with Gasteiger partial charge in [0.05, 0.1) is 0 Å². The molecule has 1 saturated heterocycles. The molecule has 2 N–H and O–H groups in total. The molecule has 0 bridgehead atoms. The van der Waals surface area contributed by atoms with Crippen molar-refractivity contribution in [2.75, 3.05) is 25.5 Å². The molecule has 1 aliphatic heterocycles. The van der Waals surface area contributed by atoms with Gasteiger partial charge in [-0.15, -0.1) is 11.6 Å². The molecule has 1 amide bonds. The number of amides is 1. The first-order valence-corrected chi connectivity index (χ1v) is 9.23. The van der Waals surface area contributed by atoms with Crippen LogP contribution in [0.25, 0.3) is 0 Å². The van der Waals surface area contributed by atoms with E-state index in [4.69, 9.17) is 16.9 Å². The number of rotatable bonds is 8. The van der Waals surface area contributed by atoms with Crippen LogP contribution in [0.2, 0.25) is 0 Å². The number of hydrogen-bond acceptors (Lipinski definition) is 4. The highest BCUT2D eigenvalue weighted by Crippen LogP contribution is 2.14. The van der Waals surface area contributed by atoms with Crippen molar-refractivity contribution in [1.82, 2.24) is 15.5 Å². The summed E-state index contributed by atoms with van der Waals surface area (Å²) in [5.74, 6) is 0.146. The lowest BCUT2D eigenvalue weighted by Gasteiger charge is -2.32. The van der Waals surface area contributed by atoms with Crippen LogP contribution in [0.1, 0.15) is 24.8 Å². The van der Waals surface area contributed by atoms with Crippen molar-refractivity contribution in [3.8, 4) is 6.07 Å². The van der Waals surface area contributed by atoms with E-state index in [1.54, 1.807) is 6.20 Å². The molecular weight excluding hydrogens is 336 g/mol. The number of carbonyl (C=O) groups excluding carboxylic acids is 1. The lowest BCUT2D eigenvalue weighted by molar-refractivity contribution is -0.117. The second kappa shape index (κ2) is 10.8. The van der Waals surface area contributed by atoms with Gasteiger partial charge in [0.2, 0.25) is 0 Å². The van der Waals surface area contributed by atoms with Crippen LogP contribution < -0.4 is 10.6 Å². The first kappa shape index (κ1) is 19.3. The van der Waals surface area contributed by atoms with Crippen molar-refractivity contribution in [3.63, 3.8) is 0 Å². The van der Waals surface area contributed by atoms with Crippen LogP contribution in [-0.2, 0) is 11.3 Å². The molecule has 25 heavy (non-hydrogen) atoms. The Bertz CT molecular complexity index is 604. The fourth-order valence-electron chi connectivity index (χ4n) is 2.81. The van der Waals surface area contributed by atoms with Gasteiger partial charge in [0.15, 0.2) is 0 Å². The fourth-order valence-corrected chi connectivity index (χ4v) is 2.95. The summed E-state index contributed by atoms with van der Waals surface area (Å²) in [7, 11) is 0. The molecular formula is C19H25ClN4O. The van der Waals surface area contributed by atoms with Crippen molar-refractivity contribution in [3.05, 3.63) is 47.7 Å². The first-order valence-electron chi connectivity index (χ1n) is 8.69. The third kappa shape index (κ3) is 6.77. The molecule has 1 aromatic rings. The Morgan fingerprint density at radius 3 is 2.68 bits per heavy atom. The molecule has 0 saturated carbocycles. The minimum atomic E-state index is -0.346. The molecule has 1 fully saturated rings. The van der Waals surface area contributed by atoms with Gasteiger partial charge >= 0.3 is 0 Å². The predicted octanol–water partition coefficient (Wildman–Crippen LogP) is 2.39. The average Bonchev–Trinajstić information content (AvgIpc) is 2.64. The van der Waals surface area contributed by atoms with Gasteiger partial charge in [-0.2, -0.15) is 5.26 Å². The number of carbonyl (C=O) groups is 1. The van der Waals surface area contributed by atoms with Crippen molar-refractivity contribution in [2.24, 2.45) is 0 Å². The van der Waals surface area contributed by atoms with Crippen LogP contribution in [0, 0.1) is 11.3 Å². The molecule has 0 aliphatic carbocycles. The Kier molecular flexibility index (Phi) is 8.30. The molecule has 134 valence electrons. The van der Waals surface area contributed by atoms with Crippen LogP contribution >= 0.6 is 11.6 Å². The summed E-state index contributed by atoms with van der Waals surface area (Å²) in [4.78, 5) is 14.3. The van der Waals surface area contributed by atoms with Gasteiger partial charge in [-0.25, -0.2) is 0 Å². The quantitative estimate of drug-likeness (QED) is 0.323. The molecule has 0 spiro atoms. The van der Waals surface area contributed by atoms with E-state index in [-0.39, 0.29) is 11.5 Å². The van der Waals surface area contributed by atoms with E-state index >= 15 is 0 Å². The summed E-state index contributed by atoms with van der Waals surface area (Å²) in [6, 6.07) is 12.7. The molecule has 0 radical (unpaired) electrons. The summed E-state index contributed by atoms with van der Waals surface area (Å²) in [5, 5.41) is 15.1. The number of likely N-dealkylation sites (tertiary alicyclic amines) is 1. The number of nitrogens with one attached hydrogen (secondary N) is 2. The number of alkyl halides is 1. The third-order valence-corrected chi connectivity index (χ3v) is 4.53. The highest BCUT2D eigenvalue weighted by Gasteiger charge is 2.18. The van der Waals surface area contributed by atoms with Gasteiger partial charge in [0, 0.05) is 44.3 Å². The van der Waals surface area contributed by atoms with E-state index in [1.165, 1.54) is 5.56 Å². The third-order valence-electron chi connectivity index (χ3n) is 4.26. The topological polar surface area (TPSA) is 68.2 Å². The summed E-state index contributed by atoms with van der Waals surface area (Å²) in [6.45, 7) is 3.46. The SMILES string of the molecule is N#C/C(=C/NC1CCN(Cc2ccccc2)CC1)C(=O)NCCCCl. The first-order chi connectivity index (χ1) is 12.2. The Morgan fingerprint density at radius 1 is 1.32 bits per heavy atom. The van der Waals surface area contributed by atoms with Gasteiger partial charge in [-0.05, 0) is 24.8 Å². The average molecular weight is 361 g/mol. The predicted molar refractivity (Wildman–Crippen MR) is 99.9 cm³/mol. The lowest BCUT2D eigenvalue weighted by atomic mass is 10.0. The summed E-state index contributed by atoms with van der Waals surface area (Å²) < 4.78 is 0. The second-order valence-corrected chi connectivity index (χ2v) is 6.55. The van der Waals surface area contributed by atoms with Crippen molar-refractivity contribution in [1.29, 1.82) is 5.26 Å². The zero-order valence-corrected chi connectivity index (χ0v) is 15.1. The summed E-state index contributed by atoms with van der Waals surface area (Å²) in [5.41, 5.74) is 1.44. The molecule has 6 heteroatoms. The Hall–Kier alpha value is -2.03. The Balaban J connectivity index is 1.75. The van der Waals surface area contributed by atoms with Crippen LogP contribution in [-0.4, -0.2) is 42.4 Å². The molecule has 1 aromatic carbocycles. The van der Waals surface area contributed by atoms with Gasteiger partial charge < -0.3 is 10.6 Å². The Morgan fingerprint density at radius 2 is 2.04 bits per heavy atom. The van der Waals surface area contributed by atoms with E-state index < -0.39 is 0 Å². The van der Waals surface area contributed by atoms with Gasteiger partial charge in [-0.3, -0.25) is 9.69 Å². The van der Waals surface area contributed by atoms with E-state index in [0.717, 1.165) is 32.5 Å². The fraction of sp³-hybridized carbons (Fsp3) is 0.474. The largest absolute Gasteiger partial charge is 0.387 e. The normalized spacial score (nSPS) is 16.2. The molecule has 2 rings (SSSR count). The number of benzene rings is 1. The van der Waals surface area contributed by atoms with Crippen molar-refractivity contribution < 1.29 is 4.79 Å². The molecule has 1 aliphatic rings. The Labute approximate surface area is 154 Å². The van der Waals surface area contributed by atoms with Gasteiger partial charge in [-0.1, -0.05) is 30.3 Å². The number of halogens is 1. The maximum absolute atomic E-state index is 11.9. The molecule has 0 aromatic heterocycles. The highest BCUT2D eigenvalue weighted by atomic mass is 35.5. The highest BCUT2D eigenvalue weighted by molar-refractivity contribution is 6.17. The number of hydrogen-bond donors (Lipinski definition) is 2. The number of piperidine rings is 1. The van der Waals surface area contributed by atoms with E-state index in [0.29, 0.717) is 24.9 Å². The molecule has 0 unspecified atom stereocenters. The number of nitrogens with zero attached hydrogens (tertiary/aromatic N) is 2. The zero-order valence-electron chi connectivity index (χ0n) is 14.4. The van der Waals surface area contributed by atoms with E-state index in [1.807, 2.05) is 12.1 Å². The van der Waals surface area contributed by atoms with Crippen molar-refractivity contribution in [2.45, 2.75) is 31.8 Å². The standard InChI is InChI=1S/C19H25ClN4O/c20-9-4-10-22-19(25)17(13-21)14-23-18-7-11-24(12-8-18)15-16-5-2-1-3-6-16/h1-3,5-6,14,18,23H,4,7-12,15H2,(H,22,25)/b17-14-. The maximum Gasteiger partial charge on any atom is 0.263 e. The van der Waals surface area contributed by atoms with Crippen molar-refractivity contribution >= 4 is 17.5 Å².